The van der Waals surface area contributed by atoms with Gasteiger partial charge in [-0.25, -0.2) is 0 Å². The standard InChI is InChI=1S/C18H31N5O2/c1-19-18(20-7-3-9-25-17-5-10-24-11-6-17)23-8-4-15(14-23)16-12-21-22(2)13-16/h12-13,15,17H,3-11,14H2,1-2H3,(H,19,20). The number of aliphatic imine (C=N–C) groups is 1. The predicted octanol–water partition coefficient (Wildman–Crippen LogP) is 1.37. The Labute approximate surface area is 150 Å². The van der Waals surface area contributed by atoms with E-state index in [4.69, 9.17) is 9.47 Å². The van der Waals surface area contributed by atoms with Gasteiger partial charge in [0.25, 0.3) is 0 Å². The molecule has 2 aliphatic rings. The zero-order valence-corrected chi connectivity index (χ0v) is 15.5. The summed E-state index contributed by atoms with van der Waals surface area (Å²) in [4.78, 5) is 6.79. The smallest absolute Gasteiger partial charge is 0.193 e. The van der Waals surface area contributed by atoms with E-state index in [0.717, 1.165) is 71.1 Å². The quantitative estimate of drug-likeness (QED) is 0.477. The van der Waals surface area contributed by atoms with Gasteiger partial charge in [0.1, 0.15) is 0 Å². The molecule has 7 heteroatoms. The summed E-state index contributed by atoms with van der Waals surface area (Å²) < 4.78 is 13.2. The van der Waals surface area contributed by atoms with E-state index in [1.165, 1.54) is 5.56 Å². The van der Waals surface area contributed by atoms with Crippen LogP contribution in [0.5, 0.6) is 0 Å². The van der Waals surface area contributed by atoms with E-state index in [-0.39, 0.29) is 0 Å². The van der Waals surface area contributed by atoms with Crippen molar-refractivity contribution in [3.63, 3.8) is 0 Å². The van der Waals surface area contributed by atoms with E-state index in [9.17, 15) is 0 Å². The van der Waals surface area contributed by atoms with Gasteiger partial charge in [0.15, 0.2) is 5.96 Å². The van der Waals surface area contributed by atoms with Crippen molar-refractivity contribution in [1.82, 2.24) is 20.0 Å². The minimum atomic E-state index is 0.381. The van der Waals surface area contributed by atoms with Crippen LogP contribution in [0, 0.1) is 0 Å². The molecule has 1 atom stereocenters. The second-order valence-corrected chi connectivity index (χ2v) is 6.89. The van der Waals surface area contributed by atoms with Gasteiger partial charge in [0.05, 0.1) is 12.3 Å². The van der Waals surface area contributed by atoms with E-state index in [0.29, 0.717) is 12.0 Å². The number of likely N-dealkylation sites (tertiary alicyclic amines) is 1. The lowest BCUT2D eigenvalue weighted by Crippen LogP contribution is -2.40. The van der Waals surface area contributed by atoms with Gasteiger partial charge in [-0.15, -0.1) is 0 Å². The Morgan fingerprint density at radius 1 is 1.40 bits per heavy atom. The molecule has 1 aromatic rings. The molecular formula is C18H31N5O2. The minimum absolute atomic E-state index is 0.381. The van der Waals surface area contributed by atoms with E-state index in [1.807, 2.05) is 25.0 Å². The number of hydrogen-bond donors (Lipinski definition) is 1. The van der Waals surface area contributed by atoms with Crippen LogP contribution in [-0.2, 0) is 16.5 Å². The summed E-state index contributed by atoms with van der Waals surface area (Å²) >= 11 is 0. The molecule has 0 amide bonds. The molecule has 1 unspecified atom stereocenters. The summed E-state index contributed by atoms with van der Waals surface area (Å²) in [5.41, 5.74) is 1.32. The molecule has 0 aromatic carbocycles. The van der Waals surface area contributed by atoms with Crippen LogP contribution >= 0.6 is 0 Å². The number of guanidine groups is 1. The third-order valence-corrected chi connectivity index (χ3v) is 5.02. The molecule has 3 rings (SSSR count). The second-order valence-electron chi connectivity index (χ2n) is 6.89. The monoisotopic (exact) mass is 349 g/mol. The fraction of sp³-hybridized carbons (Fsp3) is 0.778. The molecule has 140 valence electrons. The minimum Gasteiger partial charge on any atom is -0.381 e. The first-order valence-corrected chi connectivity index (χ1v) is 9.39. The van der Waals surface area contributed by atoms with Crippen LogP contribution in [-0.4, -0.2) is 73.2 Å². The predicted molar refractivity (Wildman–Crippen MR) is 97.9 cm³/mol. The van der Waals surface area contributed by atoms with Gasteiger partial charge in [0, 0.05) is 65.7 Å². The number of rotatable bonds is 6. The summed E-state index contributed by atoms with van der Waals surface area (Å²) in [5, 5.41) is 7.77. The molecule has 25 heavy (non-hydrogen) atoms. The normalized spacial score (nSPS) is 22.6. The number of nitrogens with one attached hydrogen (secondary N) is 1. The molecular weight excluding hydrogens is 318 g/mol. The molecule has 1 aromatic heterocycles. The molecule has 0 aliphatic carbocycles. The number of aryl methyl sites for hydroxylation is 1. The first kappa shape index (κ1) is 18.2. The molecule has 0 spiro atoms. The summed E-state index contributed by atoms with van der Waals surface area (Å²) in [6.07, 6.45) is 8.69. The maximum atomic E-state index is 5.92. The Balaban J connectivity index is 1.35. The second kappa shape index (κ2) is 9.20. The van der Waals surface area contributed by atoms with Gasteiger partial charge in [-0.2, -0.15) is 5.10 Å². The van der Waals surface area contributed by atoms with Crippen LogP contribution in [0.2, 0.25) is 0 Å². The average molecular weight is 349 g/mol. The molecule has 2 fully saturated rings. The molecule has 7 nitrogen and oxygen atoms in total. The molecule has 0 radical (unpaired) electrons. The van der Waals surface area contributed by atoms with Gasteiger partial charge in [-0.3, -0.25) is 9.67 Å². The van der Waals surface area contributed by atoms with Crippen LogP contribution in [0.25, 0.3) is 0 Å². The lowest BCUT2D eigenvalue weighted by atomic mass is 10.0. The van der Waals surface area contributed by atoms with Gasteiger partial charge in [0.2, 0.25) is 0 Å². The van der Waals surface area contributed by atoms with Gasteiger partial charge in [-0.05, 0) is 31.2 Å². The van der Waals surface area contributed by atoms with Gasteiger partial charge >= 0.3 is 0 Å². The van der Waals surface area contributed by atoms with Crippen molar-refractivity contribution in [3.05, 3.63) is 18.0 Å². The summed E-state index contributed by atoms with van der Waals surface area (Å²) in [6.45, 7) is 5.41. The third-order valence-electron chi connectivity index (χ3n) is 5.02. The Hall–Kier alpha value is -1.60. The first-order chi connectivity index (χ1) is 12.3. The van der Waals surface area contributed by atoms with E-state index in [1.54, 1.807) is 0 Å². The highest BCUT2D eigenvalue weighted by Gasteiger charge is 2.26. The maximum Gasteiger partial charge on any atom is 0.193 e. The SMILES string of the molecule is CN=C(NCCCOC1CCOCC1)N1CCC(c2cnn(C)c2)C1. The van der Waals surface area contributed by atoms with Crippen LogP contribution in [0.4, 0.5) is 0 Å². The van der Waals surface area contributed by atoms with E-state index >= 15 is 0 Å². The van der Waals surface area contributed by atoms with Crippen molar-refractivity contribution in [2.75, 3.05) is 46.5 Å². The van der Waals surface area contributed by atoms with E-state index in [2.05, 4.69) is 26.5 Å². The van der Waals surface area contributed by atoms with Crippen molar-refractivity contribution in [3.8, 4) is 0 Å². The zero-order chi connectivity index (χ0) is 17.5. The summed E-state index contributed by atoms with van der Waals surface area (Å²) in [6, 6.07) is 0. The third kappa shape index (κ3) is 5.19. The molecule has 2 aliphatic heterocycles. The Morgan fingerprint density at radius 3 is 2.96 bits per heavy atom. The van der Waals surface area contributed by atoms with Crippen molar-refractivity contribution in [2.24, 2.45) is 12.0 Å². The number of aromatic nitrogens is 2. The molecule has 0 bridgehead atoms. The summed E-state index contributed by atoms with van der Waals surface area (Å²) in [5.74, 6) is 1.54. The molecule has 0 saturated carbocycles. The Morgan fingerprint density at radius 2 is 2.24 bits per heavy atom. The fourth-order valence-corrected chi connectivity index (χ4v) is 3.57. The largest absolute Gasteiger partial charge is 0.381 e. The fourth-order valence-electron chi connectivity index (χ4n) is 3.57. The van der Waals surface area contributed by atoms with Crippen LogP contribution in [0.3, 0.4) is 0 Å². The Bertz CT molecular complexity index is 553. The van der Waals surface area contributed by atoms with Crippen molar-refractivity contribution in [2.45, 2.75) is 37.7 Å². The molecule has 3 heterocycles. The van der Waals surface area contributed by atoms with Crippen LogP contribution < -0.4 is 5.32 Å². The number of ether oxygens (including phenoxy) is 2. The molecule has 2 saturated heterocycles. The highest BCUT2D eigenvalue weighted by molar-refractivity contribution is 5.80. The van der Waals surface area contributed by atoms with Gasteiger partial charge < -0.3 is 19.7 Å². The van der Waals surface area contributed by atoms with Crippen molar-refractivity contribution < 1.29 is 9.47 Å². The number of hydrogen-bond acceptors (Lipinski definition) is 4. The average Bonchev–Trinajstić information content (AvgIpc) is 3.28. The topological polar surface area (TPSA) is 63.9 Å². The first-order valence-electron chi connectivity index (χ1n) is 9.39. The van der Waals surface area contributed by atoms with Crippen LogP contribution in [0.1, 0.15) is 37.2 Å². The Kier molecular flexibility index (Phi) is 6.69. The van der Waals surface area contributed by atoms with Crippen LogP contribution in [0.15, 0.2) is 17.4 Å². The lowest BCUT2D eigenvalue weighted by Gasteiger charge is -2.23. The highest BCUT2D eigenvalue weighted by Crippen LogP contribution is 2.26. The maximum absolute atomic E-state index is 5.92. The molecule has 1 N–H and O–H groups in total. The lowest BCUT2D eigenvalue weighted by molar-refractivity contribution is -0.0320. The van der Waals surface area contributed by atoms with Crippen molar-refractivity contribution in [1.29, 1.82) is 0 Å². The van der Waals surface area contributed by atoms with Gasteiger partial charge in [-0.1, -0.05) is 0 Å². The summed E-state index contributed by atoms with van der Waals surface area (Å²) in [7, 11) is 3.83. The zero-order valence-electron chi connectivity index (χ0n) is 15.5. The van der Waals surface area contributed by atoms with Crippen molar-refractivity contribution >= 4 is 5.96 Å². The number of nitrogens with zero attached hydrogens (tertiary/aromatic N) is 4. The van der Waals surface area contributed by atoms with E-state index < -0.39 is 0 Å². The highest BCUT2D eigenvalue weighted by atomic mass is 16.5.